The average Bonchev–Trinajstić information content (AvgIpc) is 2.25. The van der Waals surface area contributed by atoms with Gasteiger partial charge in [0.1, 0.15) is 0 Å². The molecule has 1 rings (SSSR count). The average molecular weight is 253 g/mol. The Morgan fingerprint density at radius 3 is 2.65 bits per heavy atom. The number of thioether (sulfide) groups is 1. The van der Waals surface area contributed by atoms with E-state index in [1.165, 1.54) is 0 Å². The van der Waals surface area contributed by atoms with Gasteiger partial charge < -0.3 is 10.8 Å². The first-order valence-corrected chi connectivity index (χ1v) is 6.35. The fourth-order valence-corrected chi connectivity index (χ4v) is 2.36. The molecule has 0 saturated heterocycles. The molecule has 0 bridgehead atoms. The number of aryl methyl sites for hydroxylation is 1. The Kier molecular flexibility index (Phi) is 5.03. The zero-order chi connectivity index (χ0) is 12.8. The van der Waals surface area contributed by atoms with E-state index in [1.54, 1.807) is 23.9 Å². The van der Waals surface area contributed by atoms with Crippen molar-refractivity contribution in [2.24, 2.45) is 5.73 Å². The number of aliphatic carboxylic acids is 1. The fraction of sp³-hybridized carbons (Fsp3) is 0.333. The largest absolute Gasteiger partial charge is 0.481 e. The quantitative estimate of drug-likeness (QED) is 0.757. The normalized spacial score (nSPS) is 10.2. The van der Waals surface area contributed by atoms with Crippen molar-refractivity contribution in [1.29, 1.82) is 0 Å². The van der Waals surface area contributed by atoms with Gasteiger partial charge >= 0.3 is 5.97 Å². The van der Waals surface area contributed by atoms with E-state index in [0.29, 0.717) is 11.3 Å². The minimum atomic E-state index is -0.779. The van der Waals surface area contributed by atoms with Gasteiger partial charge in [-0.15, -0.1) is 0 Å². The molecule has 0 spiro atoms. The van der Waals surface area contributed by atoms with Crippen LogP contribution in [0.3, 0.4) is 0 Å². The molecule has 3 N–H and O–H groups in total. The summed E-state index contributed by atoms with van der Waals surface area (Å²) >= 11 is 1.57. The van der Waals surface area contributed by atoms with Gasteiger partial charge in [0.15, 0.2) is 0 Å². The van der Waals surface area contributed by atoms with Gasteiger partial charge in [-0.05, 0) is 30.2 Å². The lowest BCUT2D eigenvalue weighted by molar-refractivity contribution is -0.136. The van der Waals surface area contributed by atoms with E-state index in [2.05, 4.69) is 0 Å². The maximum atomic E-state index is 11.0. The summed E-state index contributed by atoms with van der Waals surface area (Å²) in [6.45, 7) is 1.92. The summed E-state index contributed by atoms with van der Waals surface area (Å²) in [5, 5.41) is 8.50. The van der Waals surface area contributed by atoms with Crippen LogP contribution in [0.15, 0.2) is 18.2 Å². The Morgan fingerprint density at radius 1 is 1.41 bits per heavy atom. The number of hydrogen-bond acceptors (Lipinski definition) is 3. The van der Waals surface area contributed by atoms with Crippen molar-refractivity contribution in [3.63, 3.8) is 0 Å². The van der Waals surface area contributed by atoms with Crippen LogP contribution in [0.5, 0.6) is 0 Å². The molecule has 0 atom stereocenters. The predicted molar refractivity (Wildman–Crippen MR) is 68.1 cm³/mol. The molecule has 0 unspecified atom stereocenters. The van der Waals surface area contributed by atoms with Crippen LogP contribution in [0.25, 0.3) is 0 Å². The first kappa shape index (κ1) is 13.6. The molecule has 92 valence electrons. The standard InChI is InChI=1S/C12H15NO3S/c1-8-6-9(12(13)16)2-3-10(8)7-17-5-4-11(14)15/h2-3,6H,4-5,7H2,1H3,(H2,13,16)(H,14,15). The summed E-state index contributed by atoms with van der Waals surface area (Å²) in [5.74, 6) is 0.126. The topological polar surface area (TPSA) is 80.4 Å². The monoisotopic (exact) mass is 253 g/mol. The Balaban J connectivity index is 2.54. The molecule has 0 saturated carbocycles. The van der Waals surface area contributed by atoms with Gasteiger partial charge in [-0.2, -0.15) is 11.8 Å². The third kappa shape index (κ3) is 4.48. The van der Waals surface area contributed by atoms with Gasteiger partial charge in [0.2, 0.25) is 5.91 Å². The highest BCUT2D eigenvalue weighted by molar-refractivity contribution is 7.98. The van der Waals surface area contributed by atoms with E-state index in [9.17, 15) is 9.59 Å². The van der Waals surface area contributed by atoms with Crippen LogP contribution in [0, 0.1) is 6.92 Å². The maximum Gasteiger partial charge on any atom is 0.304 e. The Morgan fingerprint density at radius 2 is 2.12 bits per heavy atom. The summed E-state index contributed by atoms with van der Waals surface area (Å²) < 4.78 is 0. The molecule has 5 heteroatoms. The lowest BCUT2D eigenvalue weighted by atomic mass is 10.1. The highest BCUT2D eigenvalue weighted by Gasteiger charge is 2.04. The van der Waals surface area contributed by atoms with E-state index < -0.39 is 11.9 Å². The number of carboxylic acid groups (broad SMARTS) is 1. The lowest BCUT2D eigenvalue weighted by Gasteiger charge is -2.06. The van der Waals surface area contributed by atoms with Crippen LogP contribution in [0.2, 0.25) is 0 Å². The van der Waals surface area contributed by atoms with Crippen LogP contribution in [-0.4, -0.2) is 22.7 Å². The highest BCUT2D eigenvalue weighted by Crippen LogP contribution is 2.18. The van der Waals surface area contributed by atoms with Crippen molar-refractivity contribution in [3.05, 3.63) is 34.9 Å². The number of carbonyl (C=O) groups excluding carboxylic acids is 1. The van der Waals surface area contributed by atoms with Crippen molar-refractivity contribution in [2.75, 3.05) is 5.75 Å². The first-order valence-electron chi connectivity index (χ1n) is 5.19. The van der Waals surface area contributed by atoms with Gasteiger partial charge in [0.05, 0.1) is 6.42 Å². The molecule has 0 aliphatic heterocycles. The van der Waals surface area contributed by atoms with Crippen molar-refractivity contribution in [3.8, 4) is 0 Å². The molecule has 0 radical (unpaired) electrons. The molecule has 1 amide bonds. The summed E-state index contributed by atoms with van der Waals surface area (Å²) in [4.78, 5) is 21.3. The zero-order valence-corrected chi connectivity index (χ0v) is 10.4. The zero-order valence-electron chi connectivity index (χ0n) is 9.60. The molecule has 0 heterocycles. The van der Waals surface area contributed by atoms with Crippen molar-refractivity contribution in [1.82, 2.24) is 0 Å². The number of amides is 1. The summed E-state index contributed by atoms with van der Waals surface area (Å²) in [7, 11) is 0. The first-order chi connectivity index (χ1) is 8.00. The number of carbonyl (C=O) groups is 2. The third-order valence-electron chi connectivity index (χ3n) is 2.34. The van der Waals surface area contributed by atoms with Crippen LogP contribution in [0.1, 0.15) is 27.9 Å². The lowest BCUT2D eigenvalue weighted by Crippen LogP contribution is -2.11. The van der Waals surface area contributed by atoms with Gasteiger partial charge in [-0.25, -0.2) is 0 Å². The second-order valence-corrected chi connectivity index (χ2v) is 4.81. The van der Waals surface area contributed by atoms with E-state index in [-0.39, 0.29) is 6.42 Å². The van der Waals surface area contributed by atoms with Crippen LogP contribution in [-0.2, 0) is 10.5 Å². The molecule has 4 nitrogen and oxygen atoms in total. The second kappa shape index (κ2) is 6.30. The van der Waals surface area contributed by atoms with E-state index >= 15 is 0 Å². The van der Waals surface area contributed by atoms with Gasteiger partial charge in [0, 0.05) is 17.1 Å². The molecule has 0 aliphatic rings. The third-order valence-corrected chi connectivity index (χ3v) is 3.35. The second-order valence-electron chi connectivity index (χ2n) is 3.70. The van der Waals surface area contributed by atoms with Crippen LogP contribution < -0.4 is 5.73 Å². The number of nitrogens with two attached hydrogens (primary N) is 1. The van der Waals surface area contributed by atoms with Crippen molar-refractivity contribution >= 4 is 23.6 Å². The van der Waals surface area contributed by atoms with E-state index in [1.807, 2.05) is 13.0 Å². The van der Waals surface area contributed by atoms with Crippen LogP contribution >= 0.6 is 11.8 Å². The van der Waals surface area contributed by atoms with Crippen LogP contribution in [0.4, 0.5) is 0 Å². The molecular weight excluding hydrogens is 238 g/mol. The summed E-state index contributed by atoms with van der Waals surface area (Å²) in [6.07, 6.45) is 0.170. The molecule has 17 heavy (non-hydrogen) atoms. The van der Waals surface area contributed by atoms with Crippen molar-refractivity contribution < 1.29 is 14.7 Å². The molecule has 1 aromatic rings. The highest BCUT2D eigenvalue weighted by atomic mass is 32.2. The van der Waals surface area contributed by atoms with E-state index in [0.717, 1.165) is 16.9 Å². The predicted octanol–water partition coefficient (Wildman–Crippen LogP) is 1.80. The van der Waals surface area contributed by atoms with Crippen molar-refractivity contribution in [2.45, 2.75) is 19.1 Å². The summed E-state index contributed by atoms with van der Waals surface area (Å²) in [6, 6.07) is 5.32. The molecule has 0 aliphatic carbocycles. The fourth-order valence-electron chi connectivity index (χ4n) is 1.35. The number of hydrogen-bond donors (Lipinski definition) is 2. The number of carboxylic acids is 1. The maximum absolute atomic E-state index is 11.0. The molecule has 0 fully saturated rings. The van der Waals surface area contributed by atoms with Gasteiger partial charge in [0.25, 0.3) is 0 Å². The number of rotatable bonds is 6. The molecule has 1 aromatic carbocycles. The Hall–Kier alpha value is -1.49. The van der Waals surface area contributed by atoms with E-state index in [4.69, 9.17) is 10.8 Å². The smallest absolute Gasteiger partial charge is 0.304 e. The van der Waals surface area contributed by atoms with Gasteiger partial charge in [-0.1, -0.05) is 6.07 Å². The molecule has 0 aromatic heterocycles. The molecular formula is C12H15NO3S. The summed E-state index contributed by atoms with van der Waals surface area (Å²) in [5.41, 5.74) is 7.79. The Labute approximate surface area is 104 Å². The van der Waals surface area contributed by atoms with Gasteiger partial charge in [-0.3, -0.25) is 9.59 Å². The number of primary amides is 1. The minimum Gasteiger partial charge on any atom is -0.481 e. The SMILES string of the molecule is Cc1cc(C(N)=O)ccc1CSCCC(=O)O. The minimum absolute atomic E-state index is 0.170. The Bertz CT molecular complexity index is 432. The number of benzene rings is 1.